The van der Waals surface area contributed by atoms with E-state index in [0.717, 1.165) is 31.2 Å². The fourth-order valence-electron chi connectivity index (χ4n) is 2.42. The van der Waals surface area contributed by atoms with Gasteiger partial charge in [-0.3, -0.25) is 4.39 Å². The minimum Gasteiger partial charge on any atom is -0.250 e. The van der Waals surface area contributed by atoms with Crippen LogP contribution in [0, 0.1) is 0 Å². The van der Waals surface area contributed by atoms with Crippen molar-refractivity contribution in [3.05, 3.63) is 34.9 Å². The summed E-state index contributed by atoms with van der Waals surface area (Å²) in [6.07, 6.45) is 4.12. The van der Waals surface area contributed by atoms with Gasteiger partial charge in [0.1, 0.15) is 0 Å². The van der Waals surface area contributed by atoms with E-state index in [0.29, 0.717) is 5.02 Å². The van der Waals surface area contributed by atoms with Crippen LogP contribution >= 0.6 is 11.6 Å². The van der Waals surface area contributed by atoms with Crippen LogP contribution in [0.2, 0.25) is 5.02 Å². The molecule has 1 aromatic rings. The van der Waals surface area contributed by atoms with E-state index < -0.39 is 0 Å². The van der Waals surface area contributed by atoms with Gasteiger partial charge in [-0.2, -0.15) is 0 Å². The quantitative estimate of drug-likeness (QED) is 0.692. The smallest absolute Gasteiger partial charge is 0.0991 e. The minimum absolute atomic E-state index is 0.279. The van der Waals surface area contributed by atoms with Gasteiger partial charge in [0.2, 0.25) is 0 Å². The highest BCUT2D eigenvalue weighted by Crippen LogP contribution is 2.43. The van der Waals surface area contributed by atoms with Gasteiger partial charge in [-0.05, 0) is 24.5 Å². The molecule has 0 amide bonds. The maximum atomic E-state index is 13.2. The van der Waals surface area contributed by atoms with E-state index in [4.69, 9.17) is 11.6 Å². The summed E-state index contributed by atoms with van der Waals surface area (Å²) in [7, 11) is 0. The van der Waals surface area contributed by atoms with Crippen LogP contribution in [0.15, 0.2) is 24.3 Å². The molecule has 1 aliphatic carbocycles. The van der Waals surface area contributed by atoms with Crippen molar-refractivity contribution < 1.29 is 4.39 Å². The fraction of sp³-hybridized carbons (Fsp3) is 0.500. The standard InChI is InChI=1S/C12H14ClF/c13-11-6-2-1-5-10(11)12(9-14)7-3-4-8-12/h1-2,5-6H,3-4,7-9H2. The first kappa shape index (κ1) is 9.97. The Kier molecular flexibility index (Phi) is 2.78. The molecular weight excluding hydrogens is 199 g/mol. The monoisotopic (exact) mass is 212 g/mol. The Morgan fingerprint density at radius 2 is 1.86 bits per heavy atom. The molecule has 0 N–H and O–H groups in total. The highest BCUT2D eigenvalue weighted by molar-refractivity contribution is 6.31. The third-order valence-electron chi connectivity index (χ3n) is 3.26. The maximum Gasteiger partial charge on any atom is 0.0991 e. The van der Waals surface area contributed by atoms with Gasteiger partial charge < -0.3 is 0 Å². The fourth-order valence-corrected chi connectivity index (χ4v) is 2.75. The molecule has 1 aromatic carbocycles. The van der Waals surface area contributed by atoms with Crippen molar-refractivity contribution in [2.75, 3.05) is 6.67 Å². The highest BCUT2D eigenvalue weighted by Gasteiger charge is 2.36. The van der Waals surface area contributed by atoms with Crippen LogP contribution in [0.5, 0.6) is 0 Å². The third kappa shape index (κ3) is 1.54. The summed E-state index contributed by atoms with van der Waals surface area (Å²) in [5, 5.41) is 0.715. The predicted molar refractivity (Wildman–Crippen MR) is 57.6 cm³/mol. The van der Waals surface area contributed by atoms with E-state index >= 15 is 0 Å². The van der Waals surface area contributed by atoms with Crippen molar-refractivity contribution in [3.63, 3.8) is 0 Å². The van der Waals surface area contributed by atoms with E-state index in [9.17, 15) is 4.39 Å². The topological polar surface area (TPSA) is 0 Å². The van der Waals surface area contributed by atoms with Gasteiger partial charge in [0, 0.05) is 10.4 Å². The average Bonchev–Trinajstić information content (AvgIpc) is 2.68. The third-order valence-corrected chi connectivity index (χ3v) is 3.59. The number of halogens is 2. The van der Waals surface area contributed by atoms with Crippen LogP contribution in [-0.2, 0) is 5.41 Å². The molecule has 0 unspecified atom stereocenters. The molecule has 0 heterocycles. The number of hydrogen-bond acceptors (Lipinski definition) is 0. The Balaban J connectivity index is 2.41. The van der Waals surface area contributed by atoms with E-state index in [1.54, 1.807) is 0 Å². The van der Waals surface area contributed by atoms with Crippen molar-refractivity contribution in [2.24, 2.45) is 0 Å². The zero-order valence-corrected chi connectivity index (χ0v) is 8.86. The van der Waals surface area contributed by atoms with Gasteiger partial charge in [0.15, 0.2) is 0 Å². The van der Waals surface area contributed by atoms with Crippen molar-refractivity contribution in [1.29, 1.82) is 0 Å². The average molecular weight is 213 g/mol. The summed E-state index contributed by atoms with van der Waals surface area (Å²) in [4.78, 5) is 0. The summed E-state index contributed by atoms with van der Waals surface area (Å²) in [6.45, 7) is -0.281. The number of alkyl halides is 1. The molecule has 0 spiro atoms. The zero-order chi connectivity index (χ0) is 10.0. The van der Waals surface area contributed by atoms with Gasteiger partial charge in [-0.25, -0.2) is 0 Å². The predicted octanol–water partition coefficient (Wildman–Crippen LogP) is 4.12. The first-order valence-corrected chi connectivity index (χ1v) is 5.47. The van der Waals surface area contributed by atoms with E-state index in [-0.39, 0.29) is 12.1 Å². The first-order chi connectivity index (χ1) is 6.78. The summed E-state index contributed by atoms with van der Waals surface area (Å²) < 4.78 is 13.2. The van der Waals surface area contributed by atoms with Crippen molar-refractivity contribution in [3.8, 4) is 0 Å². The van der Waals surface area contributed by atoms with Crippen LogP contribution in [-0.4, -0.2) is 6.67 Å². The van der Waals surface area contributed by atoms with E-state index in [2.05, 4.69) is 0 Å². The molecule has 2 heteroatoms. The number of benzene rings is 1. The van der Waals surface area contributed by atoms with E-state index in [1.807, 2.05) is 24.3 Å². The summed E-state index contributed by atoms with van der Waals surface area (Å²) in [5.41, 5.74) is 0.722. The Hall–Kier alpha value is -0.560. The lowest BCUT2D eigenvalue weighted by Crippen LogP contribution is -2.24. The molecule has 0 nitrogen and oxygen atoms in total. The Morgan fingerprint density at radius 3 is 2.43 bits per heavy atom. The van der Waals surface area contributed by atoms with Gasteiger partial charge in [0.05, 0.1) is 6.67 Å². The summed E-state index contributed by atoms with van der Waals surface area (Å²) in [5.74, 6) is 0. The molecule has 76 valence electrons. The van der Waals surface area contributed by atoms with Crippen LogP contribution in [0.25, 0.3) is 0 Å². The van der Waals surface area contributed by atoms with Crippen LogP contribution in [0.3, 0.4) is 0 Å². The minimum atomic E-state index is -0.281. The number of rotatable bonds is 2. The number of hydrogen-bond donors (Lipinski definition) is 0. The summed E-state index contributed by atoms with van der Waals surface area (Å²) in [6, 6.07) is 7.66. The van der Waals surface area contributed by atoms with Gasteiger partial charge in [0.25, 0.3) is 0 Å². The molecule has 14 heavy (non-hydrogen) atoms. The highest BCUT2D eigenvalue weighted by atomic mass is 35.5. The van der Waals surface area contributed by atoms with Crippen LogP contribution in [0.1, 0.15) is 31.2 Å². The molecule has 0 aliphatic heterocycles. The molecule has 0 atom stereocenters. The van der Waals surface area contributed by atoms with Crippen LogP contribution in [0.4, 0.5) is 4.39 Å². The van der Waals surface area contributed by atoms with Crippen molar-refractivity contribution in [1.82, 2.24) is 0 Å². The Labute approximate surface area is 89.1 Å². The molecule has 0 aromatic heterocycles. The second kappa shape index (κ2) is 3.90. The van der Waals surface area contributed by atoms with Crippen molar-refractivity contribution >= 4 is 11.6 Å². The largest absolute Gasteiger partial charge is 0.250 e. The molecule has 0 bridgehead atoms. The SMILES string of the molecule is FCC1(c2ccccc2Cl)CCCC1. The molecule has 2 rings (SSSR count). The first-order valence-electron chi connectivity index (χ1n) is 5.09. The normalized spacial score (nSPS) is 19.9. The molecule has 0 saturated heterocycles. The van der Waals surface area contributed by atoms with Crippen molar-refractivity contribution in [2.45, 2.75) is 31.1 Å². The molecule has 1 fully saturated rings. The van der Waals surface area contributed by atoms with E-state index in [1.165, 1.54) is 0 Å². The lowest BCUT2D eigenvalue weighted by Gasteiger charge is -2.26. The summed E-state index contributed by atoms with van der Waals surface area (Å²) >= 11 is 6.11. The van der Waals surface area contributed by atoms with Gasteiger partial charge >= 0.3 is 0 Å². The lowest BCUT2D eigenvalue weighted by molar-refractivity contribution is 0.309. The van der Waals surface area contributed by atoms with Crippen LogP contribution < -0.4 is 0 Å². The molecular formula is C12H14ClF. The Bertz CT molecular complexity index is 316. The zero-order valence-electron chi connectivity index (χ0n) is 8.10. The molecule has 1 aliphatic rings. The Morgan fingerprint density at radius 1 is 1.21 bits per heavy atom. The van der Waals surface area contributed by atoms with Gasteiger partial charge in [-0.15, -0.1) is 0 Å². The maximum absolute atomic E-state index is 13.2. The molecule has 0 radical (unpaired) electrons. The lowest BCUT2D eigenvalue weighted by atomic mass is 9.80. The molecule has 1 saturated carbocycles. The second-order valence-electron chi connectivity index (χ2n) is 4.10. The van der Waals surface area contributed by atoms with Gasteiger partial charge in [-0.1, -0.05) is 42.6 Å². The second-order valence-corrected chi connectivity index (χ2v) is 4.51.